The van der Waals surface area contributed by atoms with Gasteiger partial charge < -0.3 is 24.8 Å². The van der Waals surface area contributed by atoms with Gasteiger partial charge in [0.15, 0.2) is 11.5 Å². The highest BCUT2D eigenvalue weighted by atomic mass is 16.6. The number of amides is 2. The van der Waals surface area contributed by atoms with Gasteiger partial charge in [0.05, 0.1) is 5.92 Å². The number of carboxylic acids is 1. The van der Waals surface area contributed by atoms with E-state index in [9.17, 15) is 14.4 Å². The number of ether oxygens (including phenoxy) is 2. The highest BCUT2D eigenvalue weighted by Crippen LogP contribution is 2.35. The van der Waals surface area contributed by atoms with Crippen molar-refractivity contribution in [1.29, 1.82) is 0 Å². The number of nitrogens with zero attached hydrogens (tertiary/aromatic N) is 1. The summed E-state index contributed by atoms with van der Waals surface area (Å²) in [7, 11) is 0. The molecule has 2 N–H and O–H groups in total. The van der Waals surface area contributed by atoms with Crippen molar-refractivity contribution in [2.45, 2.75) is 38.5 Å². The summed E-state index contributed by atoms with van der Waals surface area (Å²) in [4.78, 5) is 36.8. The van der Waals surface area contributed by atoms with E-state index in [1.807, 2.05) is 6.07 Å². The minimum Gasteiger partial charge on any atom is -0.486 e. The predicted molar refractivity (Wildman–Crippen MR) is 102 cm³/mol. The number of rotatable bonds is 9. The maximum absolute atomic E-state index is 12.4. The lowest BCUT2D eigenvalue weighted by Crippen LogP contribution is -2.33. The second-order valence-corrected chi connectivity index (χ2v) is 7.08. The van der Waals surface area contributed by atoms with Crippen LogP contribution in [0.1, 0.15) is 38.5 Å². The molecule has 1 aromatic carbocycles. The Kier molecular flexibility index (Phi) is 6.73. The topological polar surface area (TPSA) is 105 Å². The smallest absolute Gasteiger partial charge is 0.303 e. The minimum atomic E-state index is -0.776. The third-order valence-electron chi connectivity index (χ3n) is 4.95. The van der Waals surface area contributed by atoms with E-state index >= 15 is 0 Å². The Hall–Kier alpha value is -2.77. The summed E-state index contributed by atoms with van der Waals surface area (Å²) in [6, 6.07) is 5.38. The standard InChI is InChI=1S/C20H26N2O6/c23-18-11-14(20(26)21-8-4-2-1-3-5-19(24)25)13-22(18)15-6-7-16-17(12-15)28-10-9-27-16/h6-7,12,14H,1-5,8-11,13H2,(H,21,26)(H,24,25). The lowest BCUT2D eigenvalue weighted by atomic mass is 10.1. The zero-order chi connectivity index (χ0) is 19.9. The van der Waals surface area contributed by atoms with E-state index in [1.54, 1.807) is 17.0 Å². The van der Waals surface area contributed by atoms with Crippen molar-refractivity contribution in [2.75, 3.05) is 31.2 Å². The number of carbonyl (C=O) groups excluding carboxylic acids is 2. The number of carboxylic acid groups (broad SMARTS) is 1. The van der Waals surface area contributed by atoms with Crippen LogP contribution < -0.4 is 19.7 Å². The fourth-order valence-corrected chi connectivity index (χ4v) is 3.44. The monoisotopic (exact) mass is 390 g/mol. The van der Waals surface area contributed by atoms with Gasteiger partial charge in [0.2, 0.25) is 11.8 Å². The molecule has 28 heavy (non-hydrogen) atoms. The SMILES string of the molecule is O=C(O)CCCCCCNC(=O)C1CC(=O)N(c2ccc3c(c2)OCCO3)C1. The highest BCUT2D eigenvalue weighted by Gasteiger charge is 2.35. The van der Waals surface area contributed by atoms with E-state index in [0.29, 0.717) is 49.9 Å². The molecule has 2 aliphatic rings. The van der Waals surface area contributed by atoms with Gasteiger partial charge in [-0.15, -0.1) is 0 Å². The van der Waals surface area contributed by atoms with Gasteiger partial charge in [-0.1, -0.05) is 12.8 Å². The maximum atomic E-state index is 12.4. The quantitative estimate of drug-likeness (QED) is 0.625. The Morgan fingerprint density at radius 1 is 1.11 bits per heavy atom. The van der Waals surface area contributed by atoms with Crippen molar-refractivity contribution in [2.24, 2.45) is 5.92 Å². The predicted octanol–water partition coefficient (Wildman–Crippen LogP) is 1.96. The molecule has 2 amide bonds. The number of anilines is 1. The molecule has 0 radical (unpaired) electrons. The van der Waals surface area contributed by atoms with Crippen LogP contribution in [0.5, 0.6) is 11.5 Å². The van der Waals surface area contributed by atoms with Gasteiger partial charge in [-0.3, -0.25) is 14.4 Å². The molecule has 1 fully saturated rings. The molecule has 152 valence electrons. The Morgan fingerprint density at radius 3 is 2.64 bits per heavy atom. The second kappa shape index (κ2) is 9.43. The molecule has 0 aromatic heterocycles. The van der Waals surface area contributed by atoms with Crippen molar-refractivity contribution in [3.05, 3.63) is 18.2 Å². The van der Waals surface area contributed by atoms with Crippen molar-refractivity contribution >= 4 is 23.5 Å². The van der Waals surface area contributed by atoms with E-state index in [1.165, 1.54) is 0 Å². The third-order valence-corrected chi connectivity index (χ3v) is 4.95. The van der Waals surface area contributed by atoms with Crippen molar-refractivity contribution in [3.8, 4) is 11.5 Å². The number of hydrogen-bond acceptors (Lipinski definition) is 5. The lowest BCUT2D eigenvalue weighted by Gasteiger charge is -2.22. The number of nitrogens with one attached hydrogen (secondary N) is 1. The van der Waals surface area contributed by atoms with Gasteiger partial charge in [-0.2, -0.15) is 0 Å². The number of benzene rings is 1. The molecule has 3 rings (SSSR count). The van der Waals surface area contributed by atoms with Crippen LogP contribution in [-0.4, -0.2) is 49.2 Å². The van der Waals surface area contributed by atoms with Crippen LogP contribution in [0, 0.1) is 5.92 Å². The molecule has 8 nitrogen and oxygen atoms in total. The molecule has 0 bridgehead atoms. The van der Waals surface area contributed by atoms with E-state index in [0.717, 1.165) is 19.3 Å². The number of fused-ring (bicyclic) bond motifs is 1. The molecule has 0 saturated carbocycles. The summed E-state index contributed by atoms with van der Waals surface area (Å²) in [6.07, 6.45) is 3.55. The minimum absolute atomic E-state index is 0.0782. The summed E-state index contributed by atoms with van der Waals surface area (Å²) < 4.78 is 11.1. The first-order valence-corrected chi connectivity index (χ1v) is 9.74. The average Bonchev–Trinajstić information content (AvgIpc) is 3.08. The molecule has 1 atom stereocenters. The largest absolute Gasteiger partial charge is 0.486 e. The van der Waals surface area contributed by atoms with Crippen LogP contribution in [0.4, 0.5) is 5.69 Å². The van der Waals surface area contributed by atoms with Crippen LogP contribution in [0.2, 0.25) is 0 Å². The van der Waals surface area contributed by atoms with Gasteiger partial charge in [0, 0.05) is 37.7 Å². The second-order valence-electron chi connectivity index (χ2n) is 7.08. The maximum Gasteiger partial charge on any atom is 0.303 e. The molecule has 8 heteroatoms. The van der Waals surface area contributed by atoms with Gasteiger partial charge in [-0.05, 0) is 25.0 Å². The van der Waals surface area contributed by atoms with Crippen LogP contribution in [0.15, 0.2) is 18.2 Å². The zero-order valence-corrected chi connectivity index (χ0v) is 15.8. The van der Waals surface area contributed by atoms with E-state index < -0.39 is 5.97 Å². The van der Waals surface area contributed by atoms with Gasteiger partial charge in [-0.25, -0.2) is 0 Å². The normalized spacial score (nSPS) is 18.2. The summed E-state index contributed by atoms with van der Waals surface area (Å²) in [5, 5.41) is 11.5. The van der Waals surface area contributed by atoms with Crippen molar-refractivity contribution in [1.82, 2.24) is 5.32 Å². The number of unbranched alkanes of at least 4 members (excludes halogenated alkanes) is 3. The highest BCUT2D eigenvalue weighted by molar-refractivity contribution is 6.00. The Balaban J connectivity index is 1.44. The first-order chi connectivity index (χ1) is 13.5. The Labute approximate surface area is 163 Å². The van der Waals surface area contributed by atoms with Crippen molar-refractivity contribution < 1.29 is 29.0 Å². The van der Waals surface area contributed by atoms with Crippen LogP contribution in [-0.2, 0) is 14.4 Å². The number of aliphatic carboxylic acids is 1. The molecule has 0 spiro atoms. The van der Waals surface area contributed by atoms with E-state index in [-0.39, 0.29) is 30.6 Å². The van der Waals surface area contributed by atoms with Gasteiger partial charge >= 0.3 is 5.97 Å². The summed E-state index contributed by atoms with van der Waals surface area (Å²) in [5.41, 5.74) is 0.711. The molecule has 1 unspecified atom stereocenters. The van der Waals surface area contributed by atoms with Crippen molar-refractivity contribution in [3.63, 3.8) is 0 Å². The molecule has 2 heterocycles. The Morgan fingerprint density at radius 2 is 1.86 bits per heavy atom. The molecular weight excluding hydrogens is 364 g/mol. The van der Waals surface area contributed by atoms with E-state index in [4.69, 9.17) is 14.6 Å². The first kappa shape index (κ1) is 20.0. The van der Waals surface area contributed by atoms with Crippen LogP contribution >= 0.6 is 0 Å². The number of hydrogen-bond donors (Lipinski definition) is 2. The molecule has 1 saturated heterocycles. The lowest BCUT2D eigenvalue weighted by molar-refractivity contribution is -0.137. The molecular formula is C20H26N2O6. The summed E-state index contributed by atoms with van der Waals surface area (Å²) in [5.74, 6) is -0.0504. The average molecular weight is 390 g/mol. The molecule has 0 aliphatic carbocycles. The van der Waals surface area contributed by atoms with Gasteiger partial charge in [0.1, 0.15) is 13.2 Å². The van der Waals surface area contributed by atoms with Crippen LogP contribution in [0.25, 0.3) is 0 Å². The zero-order valence-electron chi connectivity index (χ0n) is 15.8. The number of carbonyl (C=O) groups is 3. The first-order valence-electron chi connectivity index (χ1n) is 9.74. The van der Waals surface area contributed by atoms with Crippen LogP contribution in [0.3, 0.4) is 0 Å². The third kappa shape index (κ3) is 5.15. The fraction of sp³-hybridized carbons (Fsp3) is 0.550. The summed E-state index contributed by atoms with van der Waals surface area (Å²) >= 11 is 0. The van der Waals surface area contributed by atoms with E-state index in [2.05, 4.69) is 5.32 Å². The molecule has 2 aliphatic heterocycles. The Bertz CT molecular complexity index is 735. The fourth-order valence-electron chi connectivity index (χ4n) is 3.44. The molecule has 1 aromatic rings. The van der Waals surface area contributed by atoms with Gasteiger partial charge in [0.25, 0.3) is 0 Å². The summed E-state index contributed by atoms with van der Waals surface area (Å²) in [6.45, 7) is 1.88.